The van der Waals surface area contributed by atoms with E-state index in [1.54, 1.807) is 13.1 Å². The molecule has 2 nitrogen and oxygen atoms in total. The van der Waals surface area contributed by atoms with E-state index >= 15 is 0 Å². The van der Waals surface area contributed by atoms with Crippen LogP contribution in [0, 0.1) is 5.82 Å². The van der Waals surface area contributed by atoms with Crippen LogP contribution in [0.3, 0.4) is 0 Å². The predicted octanol–water partition coefficient (Wildman–Crippen LogP) is 3.54. The van der Waals surface area contributed by atoms with Crippen LogP contribution in [0.15, 0.2) is 24.3 Å². The second-order valence-corrected chi connectivity index (χ2v) is 4.14. The third kappa shape index (κ3) is 1.73. The molecule has 0 saturated carbocycles. The van der Waals surface area contributed by atoms with Crippen LogP contribution >= 0.6 is 0 Å². The Kier molecular flexibility index (Phi) is 2.77. The van der Waals surface area contributed by atoms with E-state index in [0.29, 0.717) is 11.4 Å². The monoisotopic (exact) mass is 218 g/mol. The fraction of sp³-hybridized carbons (Fsp3) is 0.308. The first-order valence-corrected chi connectivity index (χ1v) is 5.40. The number of nitrogens with one attached hydrogen (secondary N) is 1. The van der Waals surface area contributed by atoms with Crippen molar-refractivity contribution in [1.29, 1.82) is 0 Å². The van der Waals surface area contributed by atoms with Gasteiger partial charge in [0.05, 0.1) is 0 Å². The number of hydrogen-bond acceptors (Lipinski definition) is 2. The van der Waals surface area contributed by atoms with Gasteiger partial charge in [0.15, 0.2) is 0 Å². The van der Waals surface area contributed by atoms with Crippen LogP contribution in [-0.2, 0) is 0 Å². The second kappa shape index (κ2) is 4.08. The van der Waals surface area contributed by atoms with Crippen LogP contribution in [0.4, 0.5) is 10.2 Å². The first-order valence-electron chi connectivity index (χ1n) is 5.40. The van der Waals surface area contributed by atoms with Crippen LogP contribution in [0.2, 0.25) is 0 Å². The minimum absolute atomic E-state index is 0.274. The van der Waals surface area contributed by atoms with Crippen molar-refractivity contribution >= 4 is 16.7 Å². The Labute approximate surface area is 94.5 Å². The zero-order valence-electron chi connectivity index (χ0n) is 9.71. The lowest BCUT2D eigenvalue weighted by Gasteiger charge is -2.13. The molecule has 0 aliphatic heterocycles. The number of benzene rings is 1. The summed E-state index contributed by atoms with van der Waals surface area (Å²) < 4.78 is 13.5. The van der Waals surface area contributed by atoms with Gasteiger partial charge in [-0.05, 0) is 23.6 Å². The summed E-state index contributed by atoms with van der Waals surface area (Å²) in [6.45, 7) is 4.20. The van der Waals surface area contributed by atoms with Crippen molar-refractivity contribution in [2.24, 2.45) is 0 Å². The van der Waals surface area contributed by atoms with E-state index < -0.39 is 0 Å². The standard InChI is InChI=1S/C13H15FN2/c1-8(2)10-7-9-5-4-6-11(14)12(9)16-13(10)15-3/h4-8H,1-3H3,(H,15,16). The molecule has 0 aliphatic rings. The van der Waals surface area contributed by atoms with Gasteiger partial charge in [0.2, 0.25) is 0 Å². The molecule has 16 heavy (non-hydrogen) atoms. The molecule has 1 N–H and O–H groups in total. The predicted molar refractivity (Wildman–Crippen MR) is 65.3 cm³/mol. The van der Waals surface area contributed by atoms with Crippen molar-refractivity contribution in [2.45, 2.75) is 19.8 Å². The molecule has 1 heterocycles. The minimum atomic E-state index is -0.274. The fourth-order valence-corrected chi connectivity index (χ4v) is 1.82. The number of hydrogen-bond donors (Lipinski definition) is 1. The van der Waals surface area contributed by atoms with Crippen LogP contribution < -0.4 is 5.32 Å². The highest BCUT2D eigenvalue weighted by molar-refractivity contribution is 5.82. The largest absolute Gasteiger partial charge is 0.373 e. The molecule has 0 amide bonds. The van der Waals surface area contributed by atoms with Gasteiger partial charge in [-0.25, -0.2) is 9.37 Å². The topological polar surface area (TPSA) is 24.9 Å². The van der Waals surface area contributed by atoms with Crippen LogP contribution in [-0.4, -0.2) is 12.0 Å². The van der Waals surface area contributed by atoms with Gasteiger partial charge in [-0.1, -0.05) is 26.0 Å². The van der Waals surface area contributed by atoms with Crippen molar-refractivity contribution < 1.29 is 4.39 Å². The minimum Gasteiger partial charge on any atom is -0.373 e. The summed E-state index contributed by atoms with van der Waals surface area (Å²) >= 11 is 0. The van der Waals surface area contributed by atoms with Crippen molar-refractivity contribution in [3.63, 3.8) is 0 Å². The third-order valence-electron chi connectivity index (χ3n) is 2.68. The van der Waals surface area contributed by atoms with E-state index in [9.17, 15) is 4.39 Å². The Morgan fingerprint density at radius 1 is 1.31 bits per heavy atom. The van der Waals surface area contributed by atoms with E-state index in [4.69, 9.17) is 0 Å². The Morgan fingerprint density at radius 2 is 2.06 bits per heavy atom. The van der Waals surface area contributed by atoms with E-state index in [-0.39, 0.29) is 5.82 Å². The number of aromatic nitrogens is 1. The molecule has 0 radical (unpaired) electrons. The average Bonchev–Trinajstić information content (AvgIpc) is 2.28. The molecule has 84 valence electrons. The maximum Gasteiger partial charge on any atom is 0.149 e. The summed E-state index contributed by atoms with van der Waals surface area (Å²) in [6, 6.07) is 7.03. The van der Waals surface area contributed by atoms with Crippen molar-refractivity contribution in [2.75, 3.05) is 12.4 Å². The highest BCUT2D eigenvalue weighted by Gasteiger charge is 2.10. The molecule has 0 atom stereocenters. The van der Waals surface area contributed by atoms with Gasteiger partial charge in [-0.3, -0.25) is 0 Å². The summed E-state index contributed by atoms with van der Waals surface area (Å²) in [6.07, 6.45) is 0. The zero-order chi connectivity index (χ0) is 11.7. The van der Waals surface area contributed by atoms with Crippen molar-refractivity contribution in [1.82, 2.24) is 4.98 Å². The first-order chi connectivity index (χ1) is 7.63. The SMILES string of the molecule is CNc1nc2c(F)cccc2cc1C(C)C. The number of fused-ring (bicyclic) bond motifs is 1. The zero-order valence-corrected chi connectivity index (χ0v) is 9.71. The van der Waals surface area contributed by atoms with Crippen molar-refractivity contribution in [3.05, 3.63) is 35.6 Å². The van der Waals surface area contributed by atoms with Crippen molar-refractivity contribution in [3.8, 4) is 0 Å². The molecule has 2 rings (SSSR count). The molecule has 0 spiro atoms. The van der Waals surface area contributed by atoms with Gasteiger partial charge in [-0.15, -0.1) is 0 Å². The summed E-state index contributed by atoms with van der Waals surface area (Å²) in [7, 11) is 1.81. The number of para-hydroxylation sites is 1. The van der Waals surface area contributed by atoms with Gasteiger partial charge < -0.3 is 5.32 Å². The lowest BCUT2D eigenvalue weighted by molar-refractivity contribution is 0.636. The molecular weight excluding hydrogens is 203 g/mol. The molecule has 0 unspecified atom stereocenters. The lowest BCUT2D eigenvalue weighted by Crippen LogP contribution is -2.01. The summed E-state index contributed by atoms with van der Waals surface area (Å²) in [5, 5.41) is 3.87. The van der Waals surface area contributed by atoms with E-state index in [1.165, 1.54) is 6.07 Å². The van der Waals surface area contributed by atoms with Gasteiger partial charge in [0.25, 0.3) is 0 Å². The van der Waals surface area contributed by atoms with Gasteiger partial charge in [0.1, 0.15) is 17.2 Å². The Bertz CT molecular complexity index is 521. The lowest BCUT2D eigenvalue weighted by atomic mass is 10.0. The number of rotatable bonds is 2. The van der Waals surface area contributed by atoms with Crippen LogP contribution in [0.5, 0.6) is 0 Å². The highest BCUT2D eigenvalue weighted by Crippen LogP contribution is 2.27. The van der Waals surface area contributed by atoms with E-state index in [2.05, 4.69) is 24.1 Å². The Hall–Kier alpha value is -1.64. The Balaban J connectivity index is 2.75. The molecule has 1 aromatic carbocycles. The normalized spacial score (nSPS) is 11.1. The number of anilines is 1. The third-order valence-corrected chi connectivity index (χ3v) is 2.68. The fourth-order valence-electron chi connectivity index (χ4n) is 1.82. The molecule has 0 fully saturated rings. The molecular formula is C13H15FN2. The molecule has 1 aromatic heterocycles. The van der Waals surface area contributed by atoms with Gasteiger partial charge in [0, 0.05) is 12.4 Å². The van der Waals surface area contributed by atoms with Gasteiger partial charge in [-0.2, -0.15) is 0 Å². The van der Waals surface area contributed by atoms with Crippen LogP contribution in [0.1, 0.15) is 25.3 Å². The maximum atomic E-state index is 13.5. The summed E-state index contributed by atoms with van der Waals surface area (Å²) in [5.74, 6) is 0.847. The average molecular weight is 218 g/mol. The smallest absolute Gasteiger partial charge is 0.149 e. The summed E-state index contributed by atoms with van der Waals surface area (Å²) in [5.41, 5.74) is 1.54. The molecule has 0 bridgehead atoms. The van der Waals surface area contributed by atoms with E-state index in [1.807, 2.05) is 12.1 Å². The first kappa shape index (κ1) is 10.9. The molecule has 2 aromatic rings. The van der Waals surface area contributed by atoms with Crippen LogP contribution in [0.25, 0.3) is 10.9 Å². The maximum absolute atomic E-state index is 13.5. The number of pyridine rings is 1. The number of halogens is 1. The van der Waals surface area contributed by atoms with E-state index in [0.717, 1.165) is 16.8 Å². The second-order valence-electron chi connectivity index (χ2n) is 4.14. The highest BCUT2D eigenvalue weighted by atomic mass is 19.1. The number of nitrogens with zero attached hydrogens (tertiary/aromatic N) is 1. The van der Waals surface area contributed by atoms with Gasteiger partial charge >= 0.3 is 0 Å². The quantitative estimate of drug-likeness (QED) is 0.834. The molecule has 0 saturated heterocycles. The molecule has 0 aliphatic carbocycles. The summed E-state index contributed by atoms with van der Waals surface area (Å²) in [4.78, 5) is 4.33. The Morgan fingerprint density at radius 3 is 2.69 bits per heavy atom. The molecule has 3 heteroatoms.